The van der Waals surface area contributed by atoms with Crippen LogP contribution >= 0.6 is 23.4 Å². The molecule has 0 bridgehead atoms. The molecule has 2 nitrogen and oxygen atoms in total. The Morgan fingerprint density at radius 3 is 2.80 bits per heavy atom. The summed E-state index contributed by atoms with van der Waals surface area (Å²) in [7, 11) is 2.11. The zero-order valence-corrected chi connectivity index (χ0v) is 13.8. The smallest absolute Gasteiger partial charge is 0.133 e. The van der Waals surface area contributed by atoms with Gasteiger partial charge in [-0.05, 0) is 37.5 Å². The highest BCUT2D eigenvalue weighted by Gasteiger charge is 2.15. The molecule has 0 spiro atoms. The SMILES string of the molecule is CSCCC(C)N(C)c1nc2ccccc2cc1CCl. The fourth-order valence-electron chi connectivity index (χ4n) is 2.24. The summed E-state index contributed by atoms with van der Waals surface area (Å²) >= 11 is 8.00. The largest absolute Gasteiger partial charge is 0.357 e. The van der Waals surface area contributed by atoms with E-state index < -0.39 is 0 Å². The minimum atomic E-state index is 0.457. The number of thioether (sulfide) groups is 1. The molecule has 0 aliphatic rings. The number of fused-ring (bicyclic) bond motifs is 1. The highest BCUT2D eigenvalue weighted by Crippen LogP contribution is 2.26. The van der Waals surface area contributed by atoms with Crippen LogP contribution in [0.1, 0.15) is 18.9 Å². The van der Waals surface area contributed by atoms with Crippen LogP contribution in [-0.4, -0.2) is 30.1 Å². The highest BCUT2D eigenvalue weighted by molar-refractivity contribution is 7.98. The lowest BCUT2D eigenvalue weighted by Gasteiger charge is -2.28. The van der Waals surface area contributed by atoms with Crippen molar-refractivity contribution in [3.63, 3.8) is 0 Å². The van der Waals surface area contributed by atoms with E-state index in [-0.39, 0.29) is 0 Å². The molecule has 0 N–H and O–H groups in total. The number of hydrogen-bond acceptors (Lipinski definition) is 3. The van der Waals surface area contributed by atoms with Gasteiger partial charge in [-0.2, -0.15) is 11.8 Å². The Morgan fingerprint density at radius 2 is 2.10 bits per heavy atom. The number of halogens is 1. The van der Waals surface area contributed by atoms with Crippen LogP contribution < -0.4 is 4.90 Å². The number of pyridine rings is 1. The normalized spacial score (nSPS) is 12.6. The maximum Gasteiger partial charge on any atom is 0.133 e. The Bertz CT molecular complexity index is 573. The van der Waals surface area contributed by atoms with Crippen molar-refractivity contribution >= 4 is 40.1 Å². The molecular formula is C16H21ClN2S. The second kappa shape index (κ2) is 7.19. The topological polar surface area (TPSA) is 16.1 Å². The zero-order chi connectivity index (χ0) is 14.5. The number of para-hydroxylation sites is 1. The molecule has 1 heterocycles. The lowest BCUT2D eigenvalue weighted by Crippen LogP contribution is -2.31. The van der Waals surface area contributed by atoms with Crippen LogP contribution in [0, 0.1) is 0 Å². The minimum Gasteiger partial charge on any atom is -0.357 e. The molecule has 2 rings (SSSR count). The Kier molecular flexibility index (Phi) is 5.55. The molecule has 0 saturated heterocycles. The molecule has 1 unspecified atom stereocenters. The van der Waals surface area contributed by atoms with E-state index in [2.05, 4.69) is 43.3 Å². The maximum atomic E-state index is 6.11. The van der Waals surface area contributed by atoms with Crippen molar-refractivity contribution in [3.8, 4) is 0 Å². The van der Waals surface area contributed by atoms with E-state index in [0.29, 0.717) is 11.9 Å². The van der Waals surface area contributed by atoms with Crippen molar-refractivity contribution in [2.24, 2.45) is 0 Å². The summed E-state index contributed by atoms with van der Waals surface area (Å²) in [6.45, 7) is 2.24. The van der Waals surface area contributed by atoms with Crippen molar-refractivity contribution in [1.29, 1.82) is 0 Å². The Hall–Kier alpha value is -0.930. The van der Waals surface area contributed by atoms with E-state index in [9.17, 15) is 0 Å². The van der Waals surface area contributed by atoms with Crippen LogP contribution in [0.4, 0.5) is 5.82 Å². The molecule has 1 aromatic heterocycles. The number of hydrogen-bond donors (Lipinski definition) is 0. The van der Waals surface area contributed by atoms with Crippen LogP contribution in [0.3, 0.4) is 0 Å². The third-order valence-electron chi connectivity index (χ3n) is 3.66. The lowest BCUT2D eigenvalue weighted by molar-refractivity contribution is 0.661. The van der Waals surface area contributed by atoms with Gasteiger partial charge in [-0.25, -0.2) is 4.98 Å². The van der Waals surface area contributed by atoms with Crippen molar-refractivity contribution in [2.45, 2.75) is 25.3 Å². The molecule has 0 fully saturated rings. The summed E-state index contributed by atoms with van der Waals surface area (Å²) in [6, 6.07) is 10.8. The molecule has 0 saturated carbocycles. The first-order valence-corrected chi connectivity index (χ1v) is 8.76. The molecule has 0 aliphatic carbocycles. The molecule has 1 aromatic carbocycles. The second-order valence-electron chi connectivity index (χ2n) is 5.04. The average molecular weight is 309 g/mol. The maximum absolute atomic E-state index is 6.11. The first-order valence-electron chi connectivity index (χ1n) is 6.83. The van der Waals surface area contributed by atoms with E-state index in [1.807, 2.05) is 23.9 Å². The van der Waals surface area contributed by atoms with E-state index in [0.717, 1.165) is 34.5 Å². The van der Waals surface area contributed by atoms with Crippen LogP contribution in [-0.2, 0) is 5.88 Å². The lowest BCUT2D eigenvalue weighted by atomic mass is 10.1. The predicted octanol–water partition coefficient (Wildman–Crippen LogP) is 4.55. The molecule has 4 heteroatoms. The number of anilines is 1. The molecule has 2 aromatic rings. The van der Waals surface area contributed by atoms with Gasteiger partial charge in [0.15, 0.2) is 0 Å². The van der Waals surface area contributed by atoms with E-state index in [1.54, 1.807) is 0 Å². The first-order chi connectivity index (χ1) is 9.67. The van der Waals surface area contributed by atoms with E-state index in [1.165, 1.54) is 0 Å². The van der Waals surface area contributed by atoms with Crippen LogP contribution in [0.25, 0.3) is 10.9 Å². The van der Waals surface area contributed by atoms with Crippen LogP contribution in [0.15, 0.2) is 30.3 Å². The van der Waals surface area contributed by atoms with Gasteiger partial charge in [0.05, 0.1) is 11.4 Å². The summed E-state index contributed by atoms with van der Waals surface area (Å²) < 4.78 is 0. The van der Waals surface area contributed by atoms with Gasteiger partial charge in [0.2, 0.25) is 0 Å². The van der Waals surface area contributed by atoms with Gasteiger partial charge in [-0.15, -0.1) is 11.6 Å². The first kappa shape index (κ1) is 15.5. The predicted molar refractivity (Wildman–Crippen MR) is 92.2 cm³/mol. The molecule has 0 aliphatic heterocycles. The molecule has 0 radical (unpaired) electrons. The summed E-state index contributed by atoms with van der Waals surface area (Å²) in [5.41, 5.74) is 2.13. The number of alkyl halides is 1. The Labute approximate surface area is 130 Å². The number of rotatable bonds is 6. The average Bonchev–Trinajstić information content (AvgIpc) is 2.50. The van der Waals surface area contributed by atoms with Crippen molar-refractivity contribution in [1.82, 2.24) is 4.98 Å². The minimum absolute atomic E-state index is 0.457. The van der Waals surface area contributed by atoms with Gasteiger partial charge >= 0.3 is 0 Å². The third kappa shape index (κ3) is 3.39. The van der Waals surface area contributed by atoms with Gasteiger partial charge in [0, 0.05) is 24.0 Å². The van der Waals surface area contributed by atoms with Gasteiger partial charge in [-0.1, -0.05) is 18.2 Å². The van der Waals surface area contributed by atoms with Gasteiger partial charge in [0.1, 0.15) is 5.82 Å². The molecule has 20 heavy (non-hydrogen) atoms. The van der Waals surface area contributed by atoms with Gasteiger partial charge < -0.3 is 4.90 Å². The summed E-state index contributed by atoms with van der Waals surface area (Å²) in [6.07, 6.45) is 3.29. The van der Waals surface area contributed by atoms with E-state index >= 15 is 0 Å². The van der Waals surface area contributed by atoms with Crippen molar-refractivity contribution < 1.29 is 0 Å². The fraction of sp³-hybridized carbons (Fsp3) is 0.438. The van der Waals surface area contributed by atoms with E-state index in [4.69, 9.17) is 16.6 Å². The number of aromatic nitrogens is 1. The van der Waals surface area contributed by atoms with Gasteiger partial charge in [0.25, 0.3) is 0 Å². The monoisotopic (exact) mass is 308 g/mol. The summed E-state index contributed by atoms with van der Waals surface area (Å²) in [5.74, 6) is 2.66. The fourth-order valence-corrected chi connectivity index (χ4v) is 3.02. The van der Waals surface area contributed by atoms with Crippen molar-refractivity contribution in [3.05, 3.63) is 35.9 Å². The van der Waals surface area contributed by atoms with Gasteiger partial charge in [-0.3, -0.25) is 0 Å². The quantitative estimate of drug-likeness (QED) is 0.728. The third-order valence-corrected chi connectivity index (χ3v) is 4.59. The second-order valence-corrected chi connectivity index (χ2v) is 6.29. The summed E-state index contributed by atoms with van der Waals surface area (Å²) in [5, 5.41) is 1.15. The highest BCUT2D eigenvalue weighted by atomic mass is 35.5. The molecule has 108 valence electrons. The van der Waals surface area contributed by atoms with Crippen molar-refractivity contribution in [2.75, 3.05) is 24.0 Å². The Balaban J connectivity index is 2.36. The molecule has 0 amide bonds. The standard InChI is InChI=1S/C16H21ClN2S/c1-12(8-9-20-3)19(2)16-14(11-17)10-13-6-4-5-7-15(13)18-16/h4-7,10,12H,8-9,11H2,1-3H3. The number of nitrogens with zero attached hydrogens (tertiary/aromatic N) is 2. The summed E-state index contributed by atoms with van der Waals surface area (Å²) in [4.78, 5) is 7.06. The van der Waals surface area contributed by atoms with Crippen LogP contribution in [0.5, 0.6) is 0 Å². The molecular weight excluding hydrogens is 288 g/mol. The molecule has 1 atom stereocenters. The Morgan fingerprint density at radius 1 is 1.35 bits per heavy atom. The number of benzene rings is 1. The van der Waals surface area contributed by atoms with Crippen LogP contribution in [0.2, 0.25) is 0 Å². The zero-order valence-electron chi connectivity index (χ0n) is 12.3.